The van der Waals surface area contributed by atoms with Crippen molar-refractivity contribution in [3.05, 3.63) is 81.6 Å². The van der Waals surface area contributed by atoms with Crippen LogP contribution < -0.4 is 15.7 Å². The summed E-state index contributed by atoms with van der Waals surface area (Å²) in [4.78, 5) is 34.5. The lowest BCUT2D eigenvalue weighted by Crippen LogP contribution is -2.39. The lowest BCUT2D eigenvalue weighted by molar-refractivity contribution is -0.0813. The predicted octanol–water partition coefficient (Wildman–Crippen LogP) is 4.94. The first-order valence-corrected chi connectivity index (χ1v) is 13.9. The number of pyridine rings is 2. The molecule has 4 heterocycles. The van der Waals surface area contributed by atoms with Crippen molar-refractivity contribution in [2.45, 2.75) is 50.8 Å². The Bertz CT molecular complexity index is 1610. The Morgan fingerprint density at radius 2 is 1.83 bits per heavy atom. The highest BCUT2D eigenvalue weighted by Crippen LogP contribution is 2.29. The number of nitrogens with zero attached hydrogens (tertiary/aromatic N) is 4. The summed E-state index contributed by atoms with van der Waals surface area (Å²) in [5, 5.41) is 2.99. The molecule has 2 aliphatic rings. The third kappa shape index (κ3) is 5.69. The first kappa shape index (κ1) is 27.3. The second kappa shape index (κ2) is 11.6. The first-order valence-electron chi connectivity index (χ1n) is 13.5. The van der Waals surface area contributed by atoms with Crippen molar-refractivity contribution < 1.29 is 23.0 Å². The van der Waals surface area contributed by atoms with Gasteiger partial charge in [0.2, 0.25) is 5.88 Å². The quantitative estimate of drug-likeness (QED) is 0.315. The highest BCUT2D eigenvalue weighted by molar-refractivity contribution is 6.30. The van der Waals surface area contributed by atoms with E-state index in [0.717, 1.165) is 30.1 Å². The van der Waals surface area contributed by atoms with Crippen molar-refractivity contribution in [2.24, 2.45) is 5.92 Å². The number of halogens is 3. The normalized spacial score (nSPS) is 19.3. The fourth-order valence-electron chi connectivity index (χ4n) is 5.48. The largest absolute Gasteiger partial charge is 0.469 e. The Balaban J connectivity index is 1.14. The molecule has 214 valence electrons. The Labute approximate surface area is 239 Å². The molecule has 6 rings (SSSR count). The van der Waals surface area contributed by atoms with Gasteiger partial charge in [-0.25, -0.2) is 18.6 Å². The summed E-state index contributed by atoms with van der Waals surface area (Å²) in [5.41, 5.74) is 1.31. The molecule has 1 N–H and O–H groups in total. The van der Waals surface area contributed by atoms with E-state index >= 15 is 0 Å². The van der Waals surface area contributed by atoms with Gasteiger partial charge in [-0.15, -0.1) is 0 Å². The van der Waals surface area contributed by atoms with E-state index in [0.29, 0.717) is 44.2 Å². The molecule has 1 aromatic carbocycles. The minimum absolute atomic E-state index is 0.00496. The number of rotatable bonds is 8. The molecule has 0 bridgehead atoms. The number of amides is 1. The van der Waals surface area contributed by atoms with Crippen molar-refractivity contribution in [2.75, 3.05) is 13.2 Å². The summed E-state index contributed by atoms with van der Waals surface area (Å²) in [7, 11) is 0. The maximum atomic E-state index is 13.7. The molecule has 1 saturated heterocycles. The van der Waals surface area contributed by atoms with Gasteiger partial charge >= 0.3 is 5.69 Å². The number of para-hydroxylation sites is 2. The molecular weight excluding hydrogens is 556 g/mol. The van der Waals surface area contributed by atoms with Gasteiger partial charge in [-0.05, 0) is 55.9 Å². The zero-order valence-electron chi connectivity index (χ0n) is 22.0. The smallest absolute Gasteiger partial charge is 0.333 e. The van der Waals surface area contributed by atoms with Crippen molar-refractivity contribution in [1.82, 2.24) is 24.4 Å². The van der Waals surface area contributed by atoms with Crippen LogP contribution in [0, 0.1) is 5.92 Å². The van der Waals surface area contributed by atoms with Gasteiger partial charge < -0.3 is 14.8 Å². The average molecular weight is 584 g/mol. The summed E-state index contributed by atoms with van der Waals surface area (Å²) in [6, 6.07) is 12.3. The maximum Gasteiger partial charge on any atom is 0.333 e. The molecule has 12 heteroatoms. The summed E-state index contributed by atoms with van der Waals surface area (Å²) in [6.45, 7) is 1.62. The molecule has 0 radical (unpaired) electrons. The Morgan fingerprint density at radius 1 is 1.07 bits per heavy atom. The SMILES string of the molecule is O=C(N[C@H]1CC[C@H](Cn2c(=O)n(-c3ccc(OC4COC4)nc3)c3ccccc32)CC1)c1cc(Cl)cnc1C(F)F. The van der Waals surface area contributed by atoms with Gasteiger partial charge in [-0.3, -0.25) is 18.9 Å². The van der Waals surface area contributed by atoms with Crippen LogP contribution in [0.25, 0.3) is 16.7 Å². The number of carbonyl (C=O) groups excluding carboxylic acids is 1. The summed E-state index contributed by atoms with van der Waals surface area (Å²) >= 11 is 5.90. The molecule has 4 aromatic rings. The molecule has 1 saturated carbocycles. The number of ether oxygens (including phenoxy) is 2. The van der Waals surface area contributed by atoms with Crippen LogP contribution in [-0.4, -0.2) is 50.4 Å². The Hall–Kier alpha value is -3.83. The second-order valence-corrected chi connectivity index (χ2v) is 10.9. The van der Waals surface area contributed by atoms with Gasteiger partial charge in [-0.1, -0.05) is 23.7 Å². The molecule has 41 heavy (non-hydrogen) atoms. The molecule has 1 aliphatic heterocycles. The van der Waals surface area contributed by atoms with Crippen molar-refractivity contribution >= 4 is 28.5 Å². The molecule has 3 aromatic heterocycles. The van der Waals surface area contributed by atoms with Crippen molar-refractivity contribution in [3.63, 3.8) is 0 Å². The highest BCUT2D eigenvalue weighted by atomic mass is 35.5. The molecule has 1 aliphatic carbocycles. The standard InChI is InChI=1S/C29H28ClF2N5O4/c30-18-11-22(26(27(31)32)34-12-18)28(38)35-19-7-5-17(6-8-19)14-36-23-3-1-2-4-24(23)37(29(36)39)20-9-10-25(33-13-20)41-21-15-40-16-21/h1-4,9-13,17,19,21,27H,5-8,14-16H2,(H,35,38)/t17-,19-. The number of hydrogen-bond donors (Lipinski definition) is 1. The van der Waals surface area contributed by atoms with Crippen molar-refractivity contribution in [3.8, 4) is 11.6 Å². The number of fused-ring (bicyclic) bond motifs is 1. The molecule has 0 spiro atoms. The number of benzene rings is 1. The van der Waals surface area contributed by atoms with E-state index in [4.69, 9.17) is 21.1 Å². The second-order valence-electron chi connectivity index (χ2n) is 10.4. The van der Waals surface area contributed by atoms with Gasteiger partial charge in [0.15, 0.2) is 0 Å². The third-order valence-electron chi connectivity index (χ3n) is 7.67. The van der Waals surface area contributed by atoms with E-state index in [9.17, 15) is 18.4 Å². The van der Waals surface area contributed by atoms with Gasteiger partial charge in [0.05, 0.1) is 46.7 Å². The van der Waals surface area contributed by atoms with E-state index in [2.05, 4.69) is 15.3 Å². The van der Waals surface area contributed by atoms with Crippen molar-refractivity contribution in [1.29, 1.82) is 0 Å². The zero-order valence-corrected chi connectivity index (χ0v) is 22.8. The van der Waals surface area contributed by atoms with Crippen LogP contribution in [-0.2, 0) is 11.3 Å². The van der Waals surface area contributed by atoms with Crippen LogP contribution >= 0.6 is 11.6 Å². The first-order chi connectivity index (χ1) is 19.9. The molecule has 2 fully saturated rings. The molecular formula is C29H28ClF2N5O4. The van der Waals surface area contributed by atoms with Crippen LogP contribution in [0.1, 0.15) is 48.2 Å². The number of imidazole rings is 1. The van der Waals surface area contributed by atoms with Crippen LogP contribution in [0.15, 0.2) is 59.7 Å². The van der Waals surface area contributed by atoms with Gasteiger partial charge in [-0.2, -0.15) is 0 Å². The summed E-state index contributed by atoms with van der Waals surface area (Å²) in [5.74, 6) is 0.0898. The fraction of sp³-hybridized carbons (Fsp3) is 0.379. The molecule has 1 amide bonds. The number of hydrogen-bond acceptors (Lipinski definition) is 6. The lowest BCUT2D eigenvalue weighted by atomic mass is 9.85. The fourth-order valence-corrected chi connectivity index (χ4v) is 5.64. The molecule has 0 unspecified atom stereocenters. The van der Waals surface area contributed by atoms with Crippen LogP contribution in [0.3, 0.4) is 0 Å². The Kier molecular flexibility index (Phi) is 7.72. The minimum atomic E-state index is -2.88. The minimum Gasteiger partial charge on any atom is -0.469 e. The zero-order chi connectivity index (χ0) is 28.5. The Morgan fingerprint density at radius 3 is 2.49 bits per heavy atom. The van der Waals surface area contributed by atoms with Crippen LogP contribution in [0.4, 0.5) is 8.78 Å². The number of nitrogens with one attached hydrogen (secondary N) is 1. The molecule has 0 atom stereocenters. The van der Waals surface area contributed by atoms with Gasteiger partial charge in [0.1, 0.15) is 11.8 Å². The van der Waals surface area contributed by atoms with E-state index < -0.39 is 18.0 Å². The van der Waals surface area contributed by atoms with E-state index in [1.807, 2.05) is 30.3 Å². The average Bonchev–Trinajstić information content (AvgIpc) is 3.22. The summed E-state index contributed by atoms with van der Waals surface area (Å²) < 4.78 is 41.1. The number of alkyl halides is 2. The van der Waals surface area contributed by atoms with E-state index in [1.165, 1.54) is 6.07 Å². The monoisotopic (exact) mass is 583 g/mol. The van der Waals surface area contributed by atoms with Crippen LogP contribution in [0.2, 0.25) is 5.02 Å². The lowest BCUT2D eigenvalue weighted by Gasteiger charge is -2.29. The molecule has 9 nitrogen and oxygen atoms in total. The summed E-state index contributed by atoms with van der Waals surface area (Å²) in [6.07, 6.45) is 2.74. The van der Waals surface area contributed by atoms with Gasteiger partial charge in [0.25, 0.3) is 12.3 Å². The maximum absolute atomic E-state index is 13.7. The van der Waals surface area contributed by atoms with Gasteiger partial charge in [0, 0.05) is 24.8 Å². The van der Waals surface area contributed by atoms with E-state index in [1.54, 1.807) is 21.4 Å². The third-order valence-corrected chi connectivity index (χ3v) is 7.88. The highest BCUT2D eigenvalue weighted by Gasteiger charge is 2.27. The topological polar surface area (TPSA) is 100 Å². The number of carbonyl (C=O) groups is 1. The van der Waals surface area contributed by atoms with Crippen LogP contribution in [0.5, 0.6) is 5.88 Å². The van der Waals surface area contributed by atoms with E-state index in [-0.39, 0.29) is 34.3 Å². The predicted molar refractivity (Wildman–Crippen MR) is 148 cm³/mol. The number of aromatic nitrogens is 4.